The number of ether oxygens (including phenoxy) is 3. The van der Waals surface area contributed by atoms with Crippen molar-refractivity contribution in [2.45, 2.75) is 18.7 Å². The third-order valence-electron chi connectivity index (χ3n) is 7.75. The van der Waals surface area contributed by atoms with E-state index in [1.165, 1.54) is 11.4 Å². The molecule has 0 atom stereocenters. The highest BCUT2D eigenvalue weighted by molar-refractivity contribution is 7.89. The monoisotopic (exact) mass is 633 g/mol. The summed E-state index contributed by atoms with van der Waals surface area (Å²) in [5.74, 6) is 0.263. The van der Waals surface area contributed by atoms with Crippen molar-refractivity contribution in [2.75, 3.05) is 70.4 Å². The second kappa shape index (κ2) is 14.2. The summed E-state index contributed by atoms with van der Waals surface area (Å²) >= 11 is 0. The Hall–Kier alpha value is -4.23. The van der Waals surface area contributed by atoms with E-state index in [2.05, 4.69) is 10.2 Å². The van der Waals surface area contributed by atoms with Crippen LogP contribution in [0.3, 0.4) is 0 Å². The van der Waals surface area contributed by atoms with E-state index < -0.39 is 15.9 Å². The third kappa shape index (κ3) is 7.04. The number of anilines is 2. The lowest BCUT2D eigenvalue weighted by Gasteiger charge is -2.31. The van der Waals surface area contributed by atoms with Gasteiger partial charge in [0.05, 0.1) is 54.5 Å². The average Bonchev–Trinajstić information content (AvgIpc) is 3.52. The fraction of sp³-hybridized carbons (Fsp3) is 0.333. The topological polar surface area (TPSA) is 115 Å². The van der Waals surface area contributed by atoms with Crippen molar-refractivity contribution in [1.82, 2.24) is 14.1 Å². The van der Waals surface area contributed by atoms with Crippen molar-refractivity contribution >= 4 is 27.3 Å². The van der Waals surface area contributed by atoms with Crippen LogP contribution in [0.5, 0.6) is 5.75 Å². The van der Waals surface area contributed by atoms with E-state index in [0.29, 0.717) is 54.6 Å². The molecule has 3 aromatic carbocycles. The standard InChI is InChI=1S/C33H39N5O6S/c1-5-37(17-18-42-3)45(40,41)31-22-29(30(21-24(31)2)36-15-19-44-20-16-36)34-33(39)28-23-38(26-9-7-6-8-10-26)35-32(28)25-11-13-27(43-4)14-12-25/h6-14,21-23H,5,15-20H2,1-4H3,(H,34,39). The summed E-state index contributed by atoms with van der Waals surface area (Å²) in [5, 5.41) is 7.84. The smallest absolute Gasteiger partial charge is 0.259 e. The maximum Gasteiger partial charge on any atom is 0.259 e. The lowest BCUT2D eigenvalue weighted by Crippen LogP contribution is -2.37. The number of morpholine rings is 1. The first-order valence-corrected chi connectivity index (χ1v) is 16.3. The molecule has 1 fully saturated rings. The molecule has 0 radical (unpaired) electrons. The molecule has 238 valence electrons. The Bertz CT molecular complexity index is 1720. The summed E-state index contributed by atoms with van der Waals surface area (Å²) in [6, 6.07) is 20.3. The van der Waals surface area contributed by atoms with E-state index in [1.807, 2.05) is 60.7 Å². The summed E-state index contributed by atoms with van der Waals surface area (Å²) in [6.45, 7) is 6.58. The molecule has 0 bridgehead atoms. The molecule has 1 amide bonds. The van der Waals surface area contributed by atoms with Crippen LogP contribution in [-0.4, -0.2) is 88.6 Å². The molecule has 11 nitrogen and oxygen atoms in total. The van der Waals surface area contributed by atoms with Crippen LogP contribution in [0.4, 0.5) is 11.4 Å². The molecule has 2 heterocycles. The molecule has 12 heteroatoms. The molecule has 1 saturated heterocycles. The van der Waals surface area contributed by atoms with Crippen LogP contribution in [0.25, 0.3) is 16.9 Å². The van der Waals surface area contributed by atoms with Gasteiger partial charge >= 0.3 is 0 Å². The molecule has 5 rings (SSSR count). The largest absolute Gasteiger partial charge is 0.497 e. The number of amides is 1. The number of rotatable bonds is 12. The molecule has 0 saturated carbocycles. The van der Waals surface area contributed by atoms with Crippen LogP contribution >= 0.6 is 0 Å². The van der Waals surface area contributed by atoms with E-state index in [4.69, 9.17) is 19.3 Å². The normalized spacial score (nSPS) is 13.7. The number of nitrogens with zero attached hydrogens (tertiary/aromatic N) is 4. The van der Waals surface area contributed by atoms with E-state index >= 15 is 0 Å². The fourth-order valence-electron chi connectivity index (χ4n) is 5.30. The number of benzene rings is 3. The van der Waals surface area contributed by atoms with Gasteiger partial charge in [-0.1, -0.05) is 25.1 Å². The summed E-state index contributed by atoms with van der Waals surface area (Å²) < 4.78 is 46.8. The summed E-state index contributed by atoms with van der Waals surface area (Å²) in [4.78, 5) is 16.4. The van der Waals surface area contributed by atoms with E-state index in [9.17, 15) is 13.2 Å². The van der Waals surface area contributed by atoms with E-state index in [0.717, 1.165) is 16.9 Å². The van der Waals surface area contributed by atoms with Gasteiger partial charge in [-0.15, -0.1) is 0 Å². The second-order valence-corrected chi connectivity index (χ2v) is 12.5. The zero-order valence-corrected chi connectivity index (χ0v) is 26.8. The van der Waals surface area contributed by atoms with Crippen molar-refractivity contribution in [3.63, 3.8) is 0 Å². The number of aryl methyl sites for hydroxylation is 1. The first kappa shape index (κ1) is 32.2. The van der Waals surface area contributed by atoms with Gasteiger partial charge in [0.25, 0.3) is 5.91 Å². The molecular weight excluding hydrogens is 594 g/mol. The van der Waals surface area contributed by atoms with Crippen molar-refractivity contribution in [3.05, 3.63) is 84.1 Å². The minimum atomic E-state index is -3.88. The number of nitrogens with one attached hydrogen (secondary N) is 1. The summed E-state index contributed by atoms with van der Waals surface area (Å²) in [7, 11) is -0.751. The Balaban J connectivity index is 1.59. The minimum Gasteiger partial charge on any atom is -0.497 e. The highest BCUT2D eigenvalue weighted by Crippen LogP contribution is 2.35. The van der Waals surface area contributed by atoms with Crippen LogP contribution in [-0.2, 0) is 19.5 Å². The molecule has 1 aliphatic heterocycles. The number of hydrogen-bond donors (Lipinski definition) is 1. The minimum absolute atomic E-state index is 0.128. The molecule has 0 unspecified atom stereocenters. The number of likely N-dealkylation sites (N-methyl/N-ethyl adjacent to an activating group) is 1. The molecule has 1 N–H and O–H groups in total. The molecule has 1 aromatic heterocycles. The van der Waals surface area contributed by atoms with Crippen molar-refractivity contribution < 1.29 is 27.4 Å². The van der Waals surface area contributed by atoms with Crippen LogP contribution in [0.1, 0.15) is 22.8 Å². The Morgan fingerprint density at radius 2 is 1.76 bits per heavy atom. The van der Waals surface area contributed by atoms with E-state index in [1.54, 1.807) is 37.9 Å². The van der Waals surface area contributed by atoms with Crippen LogP contribution < -0.4 is 15.0 Å². The van der Waals surface area contributed by atoms with Crippen molar-refractivity contribution in [3.8, 4) is 22.7 Å². The van der Waals surface area contributed by atoms with Gasteiger partial charge in [-0.25, -0.2) is 13.1 Å². The maximum atomic E-state index is 14.2. The van der Waals surface area contributed by atoms with Crippen LogP contribution in [0.2, 0.25) is 0 Å². The van der Waals surface area contributed by atoms with Gasteiger partial charge in [-0.3, -0.25) is 4.79 Å². The number of sulfonamides is 1. The van der Waals surface area contributed by atoms with Gasteiger partial charge < -0.3 is 24.4 Å². The van der Waals surface area contributed by atoms with Crippen molar-refractivity contribution in [2.24, 2.45) is 0 Å². The first-order chi connectivity index (χ1) is 21.8. The predicted octanol–water partition coefficient (Wildman–Crippen LogP) is 4.60. The first-order valence-electron chi connectivity index (χ1n) is 14.8. The highest BCUT2D eigenvalue weighted by Gasteiger charge is 2.29. The average molecular weight is 634 g/mol. The number of para-hydroxylation sites is 1. The van der Waals surface area contributed by atoms with Gasteiger partial charge in [0.2, 0.25) is 10.0 Å². The molecule has 0 aliphatic carbocycles. The third-order valence-corrected chi connectivity index (χ3v) is 9.87. The van der Waals surface area contributed by atoms with Crippen molar-refractivity contribution in [1.29, 1.82) is 0 Å². The maximum absolute atomic E-state index is 14.2. The number of methoxy groups -OCH3 is 2. The molecule has 0 spiro atoms. The van der Waals surface area contributed by atoms with Crippen LogP contribution in [0.15, 0.2) is 77.8 Å². The Morgan fingerprint density at radius 1 is 1.04 bits per heavy atom. The lowest BCUT2D eigenvalue weighted by molar-refractivity contribution is 0.102. The van der Waals surface area contributed by atoms with Gasteiger partial charge in [0.15, 0.2) is 0 Å². The SMILES string of the molecule is CCN(CCOC)S(=O)(=O)c1cc(NC(=O)c2cn(-c3ccccc3)nc2-c2ccc(OC)cc2)c(N2CCOCC2)cc1C. The fourth-order valence-corrected chi connectivity index (χ4v) is 6.97. The molecular formula is C33H39N5O6S. The zero-order valence-electron chi connectivity index (χ0n) is 26.0. The van der Waals surface area contributed by atoms with Gasteiger partial charge in [-0.05, 0) is 61.0 Å². The van der Waals surface area contributed by atoms with E-state index in [-0.39, 0.29) is 24.6 Å². The van der Waals surface area contributed by atoms with Gasteiger partial charge in [-0.2, -0.15) is 9.40 Å². The Morgan fingerprint density at radius 3 is 2.40 bits per heavy atom. The van der Waals surface area contributed by atoms with Crippen LogP contribution in [0, 0.1) is 6.92 Å². The quantitative estimate of drug-likeness (QED) is 0.241. The molecule has 4 aromatic rings. The molecule has 45 heavy (non-hydrogen) atoms. The number of aromatic nitrogens is 2. The highest BCUT2D eigenvalue weighted by atomic mass is 32.2. The second-order valence-electron chi connectivity index (χ2n) is 10.6. The lowest BCUT2D eigenvalue weighted by atomic mass is 10.1. The number of hydrogen-bond acceptors (Lipinski definition) is 8. The summed E-state index contributed by atoms with van der Waals surface area (Å²) in [5.41, 5.74) is 4.03. The molecule has 1 aliphatic rings. The zero-order chi connectivity index (χ0) is 32.0. The number of carbonyl (C=O) groups excluding carboxylic acids is 1. The number of carbonyl (C=O) groups is 1. The van der Waals surface area contributed by atoms with Gasteiger partial charge in [0, 0.05) is 45.0 Å². The Kier molecular flexibility index (Phi) is 10.2. The summed E-state index contributed by atoms with van der Waals surface area (Å²) in [6.07, 6.45) is 1.69. The van der Waals surface area contributed by atoms with Gasteiger partial charge in [0.1, 0.15) is 11.4 Å². The Labute approximate surface area is 264 Å². The predicted molar refractivity (Wildman–Crippen MR) is 174 cm³/mol.